The van der Waals surface area contributed by atoms with Crippen LogP contribution in [0.15, 0.2) is 12.1 Å². The standard InChI is InChI=1S/C13H14Cl2INO2/c14-8-5-10(12(16)11(15)6-8)13(19)17-4-2-1-3-9(17)7-18/h5-6,9,18H,1-4,7H2. The number of aliphatic hydroxyl groups is 1. The zero-order chi connectivity index (χ0) is 14.0. The highest BCUT2D eigenvalue weighted by atomic mass is 127. The average molecular weight is 414 g/mol. The second-order valence-corrected chi connectivity index (χ2v) is 6.50. The molecule has 2 rings (SSSR count). The Bertz CT molecular complexity index is 496. The Morgan fingerprint density at radius 3 is 2.84 bits per heavy atom. The third-order valence-corrected chi connectivity index (χ3v) is 5.32. The van der Waals surface area contributed by atoms with Crippen LogP contribution in [0.4, 0.5) is 0 Å². The van der Waals surface area contributed by atoms with E-state index in [0.29, 0.717) is 25.7 Å². The fourth-order valence-electron chi connectivity index (χ4n) is 2.32. The molecular formula is C13H14Cl2INO2. The highest BCUT2D eigenvalue weighted by molar-refractivity contribution is 14.1. The van der Waals surface area contributed by atoms with E-state index in [4.69, 9.17) is 23.2 Å². The summed E-state index contributed by atoms with van der Waals surface area (Å²) in [6.45, 7) is 0.668. The molecule has 1 aliphatic rings. The van der Waals surface area contributed by atoms with E-state index in [1.165, 1.54) is 0 Å². The highest BCUT2D eigenvalue weighted by Crippen LogP contribution is 2.29. The largest absolute Gasteiger partial charge is 0.394 e. The lowest BCUT2D eigenvalue weighted by Gasteiger charge is -2.35. The number of carbonyl (C=O) groups is 1. The summed E-state index contributed by atoms with van der Waals surface area (Å²) < 4.78 is 0.705. The number of amides is 1. The Balaban J connectivity index is 2.33. The predicted molar refractivity (Wildman–Crippen MR) is 84.9 cm³/mol. The van der Waals surface area contributed by atoms with Crippen molar-refractivity contribution in [3.63, 3.8) is 0 Å². The number of rotatable bonds is 2. The molecule has 1 aromatic carbocycles. The second kappa shape index (κ2) is 6.61. The number of aliphatic hydroxyl groups excluding tert-OH is 1. The van der Waals surface area contributed by atoms with E-state index < -0.39 is 0 Å². The Hall–Kier alpha value is -0.0400. The van der Waals surface area contributed by atoms with Gasteiger partial charge in [0.05, 0.1) is 23.2 Å². The molecule has 19 heavy (non-hydrogen) atoms. The van der Waals surface area contributed by atoms with Crippen molar-refractivity contribution in [3.8, 4) is 0 Å². The first kappa shape index (κ1) is 15.4. The molecule has 1 aromatic rings. The molecule has 6 heteroatoms. The first-order chi connectivity index (χ1) is 9.04. The quantitative estimate of drug-likeness (QED) is 0.594. The molecule has 1 heterocycles. The van der Waals surface area contributed by atoms with Gasteiger partial charge < -0.3 is 10.0 Å². The molecule has 1 fully saturated rings. The number of halogens is 3. The number of hydrogen-bond acceptors (Lipinski definition) is 2. The molecule has 1 saturated heterocycles. The van der Waals surface area contributed by atoms with Crippen LogP contribution in [0.25, 0.3) is 0 Å². The molecule has 1 N–H and O–H groups in total. The van der Waals surface area contributed by atoms with Crippen molar-refractivity contribution in [3.05, 3.63) is 31.3 Å². The van der Waals surface area contributed by atoms with Crippen LogP contribution in [-0.4, -0.2) is 35.1 Å². The van der Waals surface area contributed by atoms with Gasteiger partial charge in [-0.25, -0.2) is 0 Å². The topological polar surface area (TPSA) is 40.5 Å². The van der Waals surface area contributed by atoms with Crippen molar-refractivity contribution in [2.75, 3.05) is 13.2 Å². The van der Waals surface area contributed by atoms with Gasteiger partial charge in [-0.1, -0.05) is 23.2 Å². The number of piperidine rings is 1. The van der Waals surface area contributed by atoms with Crippen molar-refractivity contribution in [2.45, 2.75) is 25.3 Å². The van der Waals surface area contributed by atoms with Gasteiger partial charge in [0.2, 0.25) is 0 Å². The number of carbonyl (C=O) groups excluding carboxylic acids is 1. The molecule has 0 spiro atoms. The predicted octanol–water partition coefficient (Wildman–Crippen LogP) is 3.59. The van der Waals surface area contributed by atoms with Crippen LogP contribution in [-0.2, 0) is 0 Å². The van der Waals surface area contributed by atoms with Gasteiger partial charge in [0, 0.05) is 15.1 Å². The third-order valence-electron chi connectivity index (χ3n) is 3.32. The SMILES string of the molecule is O=C(c1cc(Cl)cc(Cl)c1I)N1CCCCC1CO. The minimum atomic E-state index is -0.104. The van der Waals surface area contributed by atoms with Gasteiger partial charge in [0.15, 0.2) is 0 Å². The van der Waals surface area contributed by atoms with E-state index in [1.54, 1.807) is 17.0 Å². The lowest BCUT2D eigenvalue weighted by molar-refractivity contribution is 0.0502. The van der Waals surface area contributed by atoms with Crippen molar-refractivity contribution in [1.29, 1.82) is 0 Å². The van der Waals surface area contributed by atoms with Gasteiger partial charge >= 0.3 is 0 Å². The van der Waals surface area contributed by atoms with Crippen LogP contribution in [0, 0.1) is 3.57 Å². The van der Waals surface area contributed by atoms with Crippen LogP contribution in [0.1, 0.15) is 29.6 Å². The molecule has 0 radical (unpaired) electrons. The Morgan fingerprint density at radius 2 is 2.16 bits per heavy atom. The lowest BCUT2D eigenvalue weighted by Crippen LogP contribution is -2.45. The summed E-state index contributed by atoms with van der Waals surface area (Å²) in [6.07, 6.45) is 2.85. The average Bonchev–Trinajstić information content (AvgIpc) is 2.42. The maximum absolute atomic E-state index is 12.6. The Labute approximate surface area is 136 Å². The molecule has 1 unspecified atom stereocenters. The van der Waals surface area contributed by atoms with Gasteiger partial charge in [-0.15, -0.1) is 0 Å². The third kappa shape index (κ3) is 3.35. The molecule has 0 saturated carbocycles. The number of likely N-dealkylation sites (tertiary alicyclic amines) is 1. The number of nitrogens with zero attached hydrogens (tertiary/aromatic N) is 1. The highest BCUT2D eigenvalue weighted by Gasteiger charge is 2.28. The zero-order valence-electron chi connectivity index (χ0n) is 10.2. The first-order valence-electron chi connectivity index (χ1n) is 6.11. The summed E-state index contributed by atoms with van der Waals surface area (Å²) in [5.74, 6) is -0.104. The summed E-state index contributed by atoms with van der Waals surface area (Å²) in [5.41, 5.74) is 0.512. The van der Waals surface area contributed by atoms with Crippen molar-refractivity contribution in [2.24, 2.45) is 0 Å². The van der Waals surface area contributed by atoms with Crippen LogP contribution in [0.2, 0.25) is 10.0 Å². The van der Waals surface area contributed by atoms with E-state index in [2.05, 4.69) is 22.6 Å². The normalized spacial score (nSPS) is 19.6. The van der Waals surface area contributed by atoms with Crippen LogP contribution in [0.3, 0.4) is 0 Å². The maximum atomic E-state index is 12.6. The van der Waals surface area contributed by atoms with Gasteiger partial charge in [-0.2, -0.15) is 0 Å². The summed E-state index contributed by atoms with van der Waals surface area (Å²) in [4.78, 5) is 14.3. The van der Waals surface area contributed by atoms with Crippen molar-refractivity contribution in [1.82, 2.24) is 4.90 Å². The van der Waals surface area contributed by atoms with Crippen molar-refractivity contribution >= 4 is 51.7 Å². The molecule has 0 aromatic heterocycles. The van der Waals surface area contributed by atoms with E-state index in [1.807, 2.05) is 0 Å². The van der Waals surface area contributed by atoms with Gasteiger partial charge in [0.25, 0.3) is 5.91 Å². The minimum absolute atomic E-state index is 0.00336. The fraction of sp³-hybridized carbons (Fsp3) is 0.462. The van der Waals surface area contributed by atoms with Crippen LogP contribution < -0.4 is 0 Å². The van der Waals surface area contributed by atoms with Crippen molar-refractivity contribution < 1.29 is 9.90 Å². The van der Waals surface area contributed by atoms with Gasteiger partial charge in [-0.3, -0.25) is 4.79 Å². The number of hydrogen-bond donors (Lipinski definition) is 1. The summed E-state index contributed by atoms with van der Waals surface area (Å²) in [7, 11) is 0. The summed E-state index contributed by atoms with van der Waals surface area (Å²) in [6, 6.07) is 3.16. The number of benzene rings is 1. The van der Waals surface area contributed by atoms with Crippen LogP contribution in [0.5, 0.6) is 0 Å². The second-order valence-electron chi connectivity index (χ2n) is 4.58. The van der Waals surface area contributed by atoms with Gasteiger partial charge in [-0.05, 0) is 54.0 Å². The Kier molecular flexibility index (Phi) is 5.34. The smallest absolute Gasteiger partial charge is 0.255 e. The fourth-order valence-corrected chi connectivity index (χ4v) is 3.36. The molecule has 0 aliphatic carbocycles. The molecule has 104 valence electrons. The Morgan fingerprint density at radius 1 is 1.42 bits per heavy atom. The molecule has 1 aliphatic heterocycles. The molecule has 1 amide bonds. The molecule has 1 atom stereocenters. The monoisotopic (exact) mass is 413 g/mol. The molecule has 0 bridgehead atoms. The van der Waals surface area contributed by atoms with Gasteiger partial charge in [0.1, 0.15) is 0 Å². The van der Waals surface area contributed by atoms with E-state index in [-0.39, 0.29) is 18.6 Å². The minimum Gasteiger partial charge on any atom is -0.394 e. The maximum Gasteiger partial charge on any atom is 0.255 e. The molecule has 3 nitrogen and oxygen atoms in total. The van der Waals surface area contributed by atoms with E-state index in [9.17, 15) is 9.90 Å². The summed E-state index contributed by atoms with van der Waals surface area (Å²) in [5, 5.41) is 10.3. The first-order valence-corrected chi connectivity index (χ1v) is 7.94. The summed E-state index contributed by atoms with van der Waals surface area (Å²) >= 11 is 14.1. The lowest BCUT2D eigenvalue weighted by atomic mass is 10.0. The van der Waals surface area contributed by atoms with E-state index in [0.717, 1.165) is 19.3 Å². The van der Waals surface area contributed by atoms with Crippen LogP contribution >= 0.6 is 45.8 Å². The zero-order valence-corrected chi connectivity index (χ0v) is 13.9. The van der Waals surface area contributed by atoms with E-state index >= 15 is 0 Å². The molecular weight excluding hydrogens is 400 g/mol.